The van der Waals surface area contributed by atoms with Crippen molar-refractivity contribution in [2.45, 2.75) is 52.9 Å². The highest BCUT2D eigenvalue weighted by Gasteiger charge is 2.30. The van der Waals surface area contributed by atoms with Crippen LogP contribution in [0.5, 0.6) is 0 Å². The van der Waals surface area contributed by atoms with Crippen LogP contribution in [-0.2, 0) is 4.79 Å². The Bertz CT molecular complexity index is 216. The molecule has 0 bridgehead atoms. The summed E-state index contributed by atoms with van der Waals surface area (Å²) in [6, 6.07) is 0. The number of likely N-dealkylation sites (N-methyl/N-ethyl adjacent to an activating group) is 1. The van der Waals surface area contributed by atoms with Gasteiger partial charge in [-0.2, -0.15) is 0 Å². The minimum Gasteiger partial charge on any atom is -0.354 e. The van der Waals surface area contributed by atoms with E-state index in [2.05, 4.69) is 31.0 Å². The average molecular weight is 242 g/mol. The summed E-state index contributed by atoms with van der Waals surface area (Å²) in [7, 11) is 4.04. The summed E-state index contributed by atoms with van der Waals surface area (Å²) >= 11 is 0. The predicted molar refractivity (Wildman–Crippen MR) is 74.1 cm³/mol. The summed E-state index contributed by atoms with van der Waals surface area (Å²) in [6.07, 6.45) is 5.36. The summed E-state index contributed by atoms with van der Waals surface area (Å²) in [5.41, 5.74) is -0.170. The molecule has 0 spiro atoms. The predicted octanol–water partition coefficient (Wildman–Crippen LogP) is 2.66. The third-order valence-corrected chi connectivity index (χ3v) is 3.28. The Labute approximate surface area is 107 Å². The lowest BCUT2D eigenvalue weighted by Crippen LogP contribution is -2.41. The lowest BCUT2D eigenvalue weighted by molar-refractivity contribution is -0.131. The largest absolute Gasteiger partial charge is 0.354 e. The smallest absolute Gasteiger partial charge is 0.225 e. The molecule has 1 atom stereocenters. The van der Waals surface area contributed by atoms with Crippen molar-refractivity contribution in [2.75, 3.05) is 27.2 Å². The molecule has 0 aliphatic carbocycles. The van der Waals surface area contributed by atoms with E-state index in [1.807, 2.05) is 14.1 Å². The number of unbranched alkanes of at least 4 members (excludes halogenated alkanes) is 1. The van der Waals surface area contributed by atoms with Crippen molar-refractivity contribution >= 4 is 5.91 Å². The number of nitrogens with one attached hydrogen (secondary N) is 1. The number of hydrogen-bond donors (Lipinski definition) is 1. The van der Waals surface area contributed by atoms with Crippen molar-refractivity contribution in [1.29, 1.82) is 0 Å². The van der Waals surface area contributed by atoms with Gasteiger partial charge in [0.15, 0.2) is 0 Å². The first-order valence-corrected chi connectivity index (χ1v) is 6.89. The summed E-state index contributed by atoms with van der Waals surface area (Å²) in [6.45, 7) is 8.09. The van der Waals surface area contributed by atoms with Gasteiger partial charge in [-0.15, -0.1) is 0 Å². The summed E-state index contributed by atoms with van der Waals surface area (Å²) in [4.78, 5) is 14.3. The lowest BCUT2D eigenvalue weighted by Gasteiger charge is -2.28. The fourth-order valence-electron chi connectivity index (χ4n) is 2.08. The Balaban J connectivity index is 4.22. The maximum absolute atomic E-state index is 12.2. The van der Waals surface area contributed by atoms with Crippen LogP contribution in [0, 0.1) is 5.41 Å². The number of rotatable bonds is 9. The number of carbonyl (C=O) groups is 1. The molecule has 0 aliphatic heterocycles. The Morgan fingerprint density at radius 2 is 1.82 bits per heavy atom. The standard InChI is InChI=1S/C14H30N2O/c1-6-8-10-14(3,9-7-2)13(17)15-11-12-16(4)5/h6-12H2,1-5H3,(H,15,17). The summed E-state index contributed by atoms with van der Waals surface area (Å²) in [5.74, 6) is 0.231. The number of amides is 1. The Morgan fingerprint density at radius 3 is 2.29 bits per heavy atom. The molecule has 0 rings (SSSR count). The molecule has 0 radical (unpaired) electrons. The monoisotopic (exact) mass is 242 g/mol. The van der Waals surface area contributed by atoms with Gasteiger partial charge in [-0.25, -0.2) is 0 Å². The fraction of sp³-hybridized carbons (Fsp3) is 0.929. The van der Waals surface area contributed by atoms with Crippen molar-refractivity contribution in [2.24, 2.45) is 5.41 Å². The normalized spacial score (nSPS) is 14.7. The number of hydrogen-bond acceptors (Lipinski definition) is 2. The quantitative estimate of drug-likeness (QED) is 0.674. The van der Waals surface area contributed by atoms with Crippen LogP contribution in [0.2, 0.25) is 0 Å². The molecule has 0 heterocycles. The molecule has 3 heteroatoms. The zero-order chi connectivity index (χ0) is 13.3. The first kappa shape index (κ1) is 16.4. The van der Waals surface area contributed by atoms with Crippen LogP contribution in [0.1, 0.15) is 52.9 Å². The minimum absolute atomic E-state index is 0.170. The van der Waals surface area contributed by atoms with Crippen molar-refractivity contribution in [3.8, 4) is 0 Å². The van der Waals surface area contributed by atoms with Crippen molar-refractivity contribution in [3.63, 3.8) is 0 Å². The molecule has 0 saturated heterocycles. The molecule has 0 aromatic rings. The van der Waals surface area contributed by atoms with E-state index in [9.17, 15) is 4.79 Å². The number of nitrogens with zero attached hydrogens (tertiary/aromatic N) is 1. The Kier molecular flexibility index (Phi) is 8.23. The highest BCUT2D eigenvalue weighted by molar-refractivity contribution is 5.82. The average Bonchev–Trinajstić information content (AvgIpc) is 2.26. The molecule has 0 aliphatic rings. The zero-order valence-corrected chi connectivity index (χ0v) is 12.3. The Hall–Kier alpha value is -0.570. The highest BCUT2D eigenvalue weighted by Crippen LogP contribution is 2.30. The third kappa shape index (κ3) is 6.67. The summed E-state index contributed by atoms with van der Waals surface area (Å²) in [5, 5.41) is 3.07. The van der Waals surface area contributed by atoms with Crippen LogP contribution in [0.25, 0.3) is 0 Å². The molecule has 0 aromatic carbocycles. The second kappa shape index (κ2) is 8.51. The van der Waals surface area contributed by atoms with Gasteiger partial charge in [0.2, 0.25) is 5.91 Å². The molecule has 0 aromatic heterocycles. The van der Waals surface area contributed by atoms with E-state index < -0.39 is 0 Å². The van der Waals surface area contributed by atoms with Crippen molar-refractivity contribution in [1.82, 2.24) is 10.2 Å². The van der Waals surface area contributed by atoms with Crippen LogP contribution in [0.15, 0.2) is 0 Å². The van der Waals surface area contributed by atoms with Gasteiger partial charge in [0, 0.05) is 18.5 Å². The maximum atomic E-state index is 12.2. The fourth-order valence-corrected chi connectivity index (χ4v) is 2.08. The third-order valence-electron chi connectivity index (χ3n) is 3.28. The van der Waals surface area contributed by atoms with E-state index in [1.165, 1.54) is 0 Å². The van der Waals surface area contributed by atoms with Crippen molar-refractivity contribution < 1.29 is 4.79 Å². The van der Waals surface area contributed by atoms with E-state index in [4.69, 9.17) is 0 Å². The maximum Gasteiger partial charge on any atom is 0.225 e. The van der Waals surface area contributed by atoms with E-state index in [1.54, 1.807) is 0 Å². The summed E-state index contributed by atoms with van der Waals surface area (Å²) < 4.78 is 0. The first-order valence-electron chi connectivity index (χ1n) is 6.89. The molecule has 0 saturated carbocycles. The van der Waals surface area contributed by atoms with Crippen molar-refractivity contribution in [3.05, 3.63) is 0 Å². The van der Waals surface area contributed by atoms with Crippen LogP contribution in [0.3, 0.4) is 0 Å². The van der Waals surface area contributed by atoms with Gasteiger partial charge in [-0.3, -0.25) is 4.79 Å². The van der Waals surface area contributed by atoms with Gasteiger partial charge in [0.05, 0.1) is 0 Å². The molecule has 102 valence electrons. The van der Waals surface area contributed by atoms with E-state index >= 15 is 0 Å². The number of carbonyl (C=O) groups excluding carboxylic acids is 1. The molecule has 0 fully saturated rings. The molecule has 3 nitrogen and oxygen atoms in total. The van der Waals surface area contributed by atoms with E-state index in [0.29, 0.717) is 0 Å². The molecule has 1 N–H and O–H groups in total. The van der Waals surface area contributed by atoms with Gasteiger partial charge in [-0.05, 0) is 26.9 Å². The first-order chi connectivity index (χ1) is 7.96. The van der Waals surface area contributed by atoms with Gasteiger partial charge < -0.3 is 10.2 Å². The Morgan fingerprint density at radius 1 is 1.18 bits per heavy atom. The second-order valence-corrected chi connectivity index (χ2v) is 5.47. The second-order valence-electron chi connectivity index (χ2n) is 5.47. The van der Waals surface area contributed by atoms with Gasteiger partial charge in [-0.1, -0.05) is 40.0 Å². The van der Waals surface area contributed by atoms with Gasteiger partial charge in [0.1, 0.15) is 0 Å². The molecule has 17 heavy (non-hydrogen) atoms. The SMILES string of the molecule is CCCCC(C)(CCC)C(=O)NCCN(C)C. The molecule has 1 unspecified atom stereocenters. The van der Waals surface area contributed by atoms with E-state index in [0.717, 1.165) is 45.2 Å². The lowest BCUT2D eigenvalue weighted by atomic mass is 9.80. The molecule has 1 amide bonds. The van der Waals surface area contributed by atoms with Crippen LogP contribution in [0.4, 0.5) is 0 Å². The zero-order valence-electron chi connectivity index (χ0n) is 12.3. The van der Waals surface area contributed by atoms with Crippen LogP contribution < -0.4 is 5.32 Å². The van der Waals surface area contributed by atoms with Crippen LogP contribution >= 0.6 is 0 Å². The highest BCUT2D eigenvalue weighted by atomic mass is 16.2. The van der Waals surface area contributed by atoms with Gasteiger partial charge >= 0.3 is 0 Å². The molecular formula is C14H30N2O. The topological polar surface area (TPSA) is 32.3 Å². The van der Waals surface area contributed by atoms with E-state index in [-0.39, 0.29) is 11.3 Å². The molecular weight excluding hydrogens is 212 g/mol. The van der Waals surface area contributed by atoms with Gasteiger partial charge in [0.25, 0.3) is 0 Å². The van der Waals surface area contributed by atoms with Crippen LogP contribution in [-0.4, -0.2) is 38.0 Å². The minimum atomic E-state index is -0.170.